The SMILES string of the molecule is COc1ccc(/C=C/C(=O)Cc2ccccc2COc2ccccc2N2CCN(C)CC2)cc1O.Cl. The molecule has 1 aliphatic rings. The number of benzene rings is 3. The highest BCUT2D eigenvalue weighted by molar-refractivity contribution is 5.95. The van der Waals surface area contributed by atoms with Crippen molar-refractivity contribution in [1.29, 1.82) is 0 Å². The topological polar surface area (TPSA) is 62.2 Å². The van der Waals surface area contributed by atoms with E-state index in [2.05, 4.69) is 22.9 Å². The normalized spacial score (nSPS) is 13.9. The molecule has 0 spiro atoms. The van der Waals surface area contributed by atoms with Crippen LogP contribution in [0.5, 0.6) is 17.2 Å². The number of methoxy groups -OCH3 is 1. The van der Waals surface area contributed by atoms with Gasteiger partial charge in [-0.15, -0.1) is 12.4 Å². The molecule has 36 heavy (non-hydrogen) atoms. The first-order valence-electron chi connectivity index (χ1n) is 11.8. The summed E-state index contributed by atoms with van der Waals surface area (Å²) in [4.78, 5) is 17.4. The maximum atomic E-state index is 12.7. The summed E-state index contributed by atoms with van der Waals surface area (Å²) in [5.74, 6) is 1.28. The number of rotatable bonds is 9. The second-order valence-electron chi connectivity index (χ2n) is 8.72. The highest BCUT2D eigenvalue weighted by Crippen LogP contribution is 2.30. The molecule has 6 nitrogen and oxygen atoms in total. The van der Waals surface area contributed by atoms with E-state index in [1.807, 2.05) is 42.5 Å². The van der Waals surface area contributed by atoms with Gasteiger partial charge in [0.2, 0.25) is 0 Å². The van der Waals surface area contributed by atoms with Crippen molar-refractivity contribution in [2.24, 2.45) is 0 Å². The number of piperazine rings is 1. The molecule has 0 unspecified atom stereocenters. The number of hydrogen-bond donors (Lipinski definition) is 1. The van der Waals surface area contributed by atoms with Gasteiger partial charge in [-0.3, -0.25) is 4.79 Å². The van der Waals surface area contributed by atoms with Gasteiger partial charge >= 0.3 is 0 Å². The van der Waals surface area contributed by atoms with E-state index in [0.717, 1.165) is 54.3 Å². The Labute approximate surface area is 219 Å². The highest BCUT2D eigenvalue weighted by atomic mass is 35.5. The smallest absolute Gasteiger partial charge is 0.160 e. The van der Waals surface area contributed by atoms with Crippen LogP contribution in [0.2, 0.25) is 0 Å². The fourth-order valence-corrected chi connectivity index (χ4v) is 4.16. The van der Waals surface area contributed by atoms with Gasteiger partial charge in [-0.25, -0.2) is 0 Å². The molecule has 190 valence electrons. The molecule has 4 rings (SSSR count). The fraction of sp³-hybridized carbons (Fsp3) is 0.276. The third-order valence-electron chi connectivity index (χ3n) is 6.24. The number of hydrogen-bond acceptors (Lipinski definition) is 6. The Morgan fingerprint density at radius 3 is 2.36 bits per heavy atom. The molecule has 1 aliphatic heterocycles. The molecule has 0 saturated carbocycles. The molecule has 1 N–H and O–H groups in total. The predicted molar refractivity (Wildman–Crippen MR) is 147 cm³/mol. The van der Waals surface area contributed by atoms with Crippen LogP contribution in [-0.4, -0.2) is 56.1 Å². The predicted octanol–water partition coefficient (Wildman–Crippen LogP) is 4.98. The van der Waals surface area contributed by atoms with Crippen molar-refractivity contribution in [2.45, 2.75) is 13.0 Å². The Morgan fingerprint density at radius 1 is 0.944 bits per heavy atom. The lowest BCUT2D eigenvalue weighted by atomic mass is 10.0. The number of carbonyl (C=O) groups is 1. The number of anilines is 1. The van der Waals surface area contributed by atoms with Crippen molar-refractivity contribution in [3.05, 3.63) is 89.5 Å². The number of para-hydroxylation sites is 2. The standard InChI is InChI=1S/C29H32N2O4.ClH/c1-30-15-17-31(18-16-30)26-9-5-6-10-28(26)35-21-24-8-4-3-7-23(24)20-25(32)13-11-22-12-14-29(34-2)27(33)19-22;/h3-14,19,33H,15-18,20-21H2,1-2H3;1H/b13-11+;. The van der Waals surface area contributed by atoms with Crippen molar-refractivity contribution >= 4 is 30.0 Å². The molecule has 0 atom stereocenters. The summed E-state index contributed by atoms with van der Waals surface area (Å²) in [5, 5.41) is 9.93. The molecule has 0 aliphatic carbocycles. The zero-order valence-electron chi connectivity index (χ0n) is 20.7. The van der Waals surface area contributed by atoms with Gasteiger partial charge in [0.1, 0.15) is 12.4 Å². The first-order valence-corrected chi connectivity index (χ1v) is 11.8. The summed E-state index contributed by atoms with van der Waals surface area (Å²) in [6.07, 6.45) is 3.52. The van der Waals surface area contributed by atoms with Crippen LogP contribution in [0.4, 0.5) is 5.69 Å². The summed E-state index contributed by atoms with van der Waals surface area (Å²) >= 11 is 0. The molecule has 3 aromatic rings. The van der Waals surface area contributed by atoms with E-state index in [1.54, 1.807) is 30.4 Å². The zero-order chi connectivity index (χ0) is 24.6. The number of phenolic OH excluding ortho intramolecular Hbond substituents is 1. The number of ether oxygens (including phenoxy) is 2. The second-order valence-corrected chi connectivity index (χ2v) is 8.72. The largest absolute Gasteiger partial charge is 0.504 e. The van der Waals surface area contributed by atoms with Crippen LogP contribution in [0.1, 0.15) is 16.7 Å². The number of aromatic hydroxyl groups is 1. The Kier molecular flexibility index (Phi) is 9.79. The van der Waals surface area contributed by atoms with Crippen LogP contribution in [0.15, 0.2) is 72.8 Å². The summed E-state index contributed by atoms with van der Waals surface area (Å²) in [6.45, 7) is 4.40. The number of phenols is 1. The van der Waals surface area contributed by atoms with Gasteiger partial charge < -0.3 is 24.4 Å². The number of likely N-dealkylation sites (N-methyl/N-ethyl adjacent to an activating group) is 1. The third kappa shape index (κ3) is 7.03. The van der Waals surface area contributed by atoms with Gasteiger partial charge in [0.25, 0.3) is 0 Å². The van der Waals surface area contributed by atoms with Crippen molar-refractivity contribution < 1.29 is 19.4 Å². The molecule has 1 saturated heterocycles. The van der Waals surface area contributed by atoms with E-state index >= 15 is 0 Å². The van der Waals surface area contributed by atoms with Gasteiger partial charge in [-0.1, -0.05) is 48.5 Å². The monoisotopic (exact) mass is 508 g/mol. The van der Waals surface area contributed by atoms with Gasteiger partial charge in [0.05, 0.1) is 12.8 Å². The maximum Gasteiger partial charge on any atom is 0.160 e. The lowest BCUT2D eigenvalue weighted by Crippen LogP contribution is -2.44. The Bertz CT molecular complexity index is 1190. The lowest BCUT2D eigenvalue weighted by Gasteiger charge is -2.34. The van der Waals surface area contributed by atoms with Gasteiger partial charge in [-0.2, -0.15) is 0 Å². The van der Waals surface area contributed by atoms with E-state index in [9.17, 15) is 9.90 Å². The van der Waals surface area contributed by atoms with Gasteiger partial charge in [-0.05, 0) is 54.1 Å². The molecule has 0 bridgehead atoms. The molecule has 1 fully saturated rings. The fourth-order valence-electron chi connectivity index (χ4n) is 4.16. The Hall–Kier alpha value is -3.48. The van der Waals surface area contributed by atoms with E-state index < -0.39 is 0 Å². The van der Waals surface area contributed by atoms with E-state index in [1.165, 1.54) is 7.11 Å². The van der Waals surface area contributed by atoms with E-state index in [-0.39, 0.29) is 30.4 Å². The summed E-state index contributed by atoms with van der Waals surface area (Å²) in [7, 11) is 3.65. The minimum Gasteiger partial charge on any atom is -0.504 e. The van der Waals surface area contributed by atoms with E-state index in [4.69, 9.17) is 9.47 Å². The van der Waals surface area contributed by atoms with Crippen molar-refractivity contribution in [1.82, 2.24) is 4.90 Å². The van der Waals surface area contributed by atoms with Crippen LogP contribution >= 0.6 is 12.4 Å². The molecular weight excluding hydrogens is 476 g/mol. The van der Waals surface area contributed by atoms with Crippen molar-refractivity contribution in [2.75, 3.05) is 45.2 Å². The average Bonchev–Trinajstić information content (AvgIpc) is 2.88. The number of carbonyl (C=O) groups excluding carboxylic acids is 1. The first-order chi connectivity index (χ1) is 17.0. The quantitative estimate of drug-likeness (QED) is 0.411. The van der Waals surface area contributed by atoms with Crippen LogP contribution < -0.4 is 14.4 Å². The molecule has 3 aromatic carbocycles. The van der Waals surface area contributed by atoms with E-state index in [0.29, 0.717) is 12.4 Å². The maximum absolute atomic E-state index is 12.7. The van der Waals surface area contributed by atoms with Crippen LogP contribution in [0.3, 0.4) is 0 Å². The molecule has 7 heteroatoms. The first kappa shape index (κ1) is 27.1. The molecule has 0 radical (unpaired) electrons. The summed E-state index contributed by atoms with van der Waals surface area (Å²) in [6, 6.07) is 21.1. The van der Waals surface area contributed by atoms with Crippen LogP contribution in [0, 0.1) is 0 Å². The number of allylic oxidation sites excluding steroid dienone is 1. The average molecular weight is 509 g/mol. The highest BCUT2D eigenvalue weighted by Gasteiger charge is 2.18. The number of ketones is 1. The minimum absolute atomic E-state index is 0. The van der Waals surface area contributed by atoms with Gasteiger partial charge in [0, 0.05) is 32.6 Å². The van der Waals surface area contributed by atoms with Crippen LogP contribution in [-0.2, 0) is 17.8 Å². The van der Waals surface area contributed by atoms with Crippen LogP contribution in [0.25, 0.3) is 6.08 Å². The molecule has 0 aromatic heterocycles. The molecule has 0 amide bonds. The zero-order valence-corrected chi connectivity index (χ0v) is 21.5. The third-order valence-corrected chi connectivity index (χ3v) is 6.24. The number of halogens is 1. The van der Waals surface area contributed by atoms with Crippen molar-refractivity contribution in [3.8, 4) is 17.2 Å². The summed E-state index contributed by atoms with van der Waals surface area (Å²) in [5.41, 5.74) is 3.77. The second kappa shape index (κ2) is 13.0. The van der Waals surface area contributed by atoms with Gasteiger partial charge in [0.15, 0.2) is 17.3 Å². The minimum atomic E-state index is -0.0226. The molecular formula is C29H33ClN2O4. The lowest BCUT2D eigenvalue weighted by molar-refractivity contribution is -0.113. The Morgan fingerprint density at radius 2 is 1.64 bits per heavy atom. The summed E-state index contributed by atoms with van der Waals surface area (Å²) < 4.78 is 11.3. The molecule has 1 heterocycles. The Balaban J connectivity index is 0.00000361. The van der Waals surface area contributed by atoms with Crippen molar-refractivity contribution in [3.63, 3.8) is 0 Å². The number of nitrogens with zero attached hydrogens (tertiary/aromatic N) is 2.